The van der Waals surface area contributed by atoms with Crippen molar-refractivity contribution in [3.05, 3.63) is 211 Å². The number of nitrogens with two attached hydrogens (primary N) is 1. The molecule has 3 aromatic heterocycles. The van der Waals surface area contributed by atoms with E-state index in [1.54, 1.807) is 0 Å². The van der Waals surface area contributed by atoms with Crippen molar-refractivity contribution in [2.75, 3.05) is 0 Å². The Morgan fingerprint density at radius 1 is 0.500 bits per heavy atom. The van der Waals surface area contributed by atoms with Gasteiger partial charge >= 0.3 is 0 Å². The van der Waals surface area contributed by atoms with E-state index in [4.69, 9.17) is 10.2 Å². The van der Waals surface area contributed by atoms with E-state index in [9.17, 15) is 0 Å². The first kappa shape index (κ1) is 33.3. The van der Waals surface area contributed by atoms with E-state index in [1.807, 2.05) is 54.6 Å². The first-order valence-electron chi connectivity index (χ1n) is 19.1. The predicted octanol–water partition coefficient (Wildman–Crippen LogP) is 13.3. The van der Waals surface area contributed by atoms with E-state index in [0.29, 0.717) is 0 Å². The van der Waals surface area contributed by atoms with Crippen molar-refractivity contribution in [2.24, 2.45) is 5.73 Å². The van der Waals surface area contributed by atoms with Gasteiger partial charge in [-0.2, -0.15) is 0 Å². The maximum absolute atomic E-state index is 6.61. The lowest BCUT2D eigenvalue weighted by Gasteiger charge is -2.09. The molecule has 4 heteroatoms. The van der Waals surface area contributed by atoms with Crippen LogP contribution in [0.4, 0.5) is 0 Å². The van der Waals surface area contributed by atoms with E-state index in [0.717, 1.165) is 61.9 Å². The maximum atomic E-state index is 6.61. The van der Waals surface area contributed by atoms with Gasteiger partial charge in [0.25, 0.3) is 0 Å². The van der Waals surface area contributed by atoms with Crippen LogP contribution >= 0.6 is 0 Å². The smallest absolute Gasteiger partial charge is 0.145 e. The highest BCUT2D eigenvalue weighted by molar-refractivity contribution is 6.26. The highest BCUT2D eigenvalue weighted by atomic mass is 16.3. The number of nitrogens with zero attached hydrogens (tertiary/aromatic N) is 2. The minimum absolute atomic E-state index is 0.837. The number of hydrogen-bond acceptors (Lipinski definition) is 2. The average molecular weight is 722 g/mol. The van der Waals surface area contributed by atoms with Crippen molar-refractivity contribution in [3.8, 4) is 11.4 Å². The Bertz CT molecular complexity index is 3220. The van der Waals surface area contributed by atoms with Crippen LogP contribution in [0.15, 0.2) is 199 Å². The summed E-state index contributed by atoms with van der Waals surface area (Å²) in [5.41, 5.74) is 19.3. The zero-order chi connectivity index (χ0) is 37.6. The molecule has 3 heterocycles. The van der Waals surface area contributed by atoms with Gasteiger partial charge in [-0.3, -0.25) is 0 Å². The number of allylic oxidation sites excluding steroid dienone is 1. The third kappa shape index (κ3) is 5.71. The SMILES string of the molecule is Cc1cccc(-n2c3cc4c5ccccc5n(-c5ccccc5)c4cc3c3c4oc5ccccc5c4ccc32)c1.N/C(=C\Cc1ccccc1)c1ccccc1. The number of aromatic nitrogens is 2. The topological polar surface area (TPSA) is 49.0 Å². The molecule has 0 saturated heterocycles. The lowest BCUT2D eigenvalue weighted by molar-refractivity contribution is 0.673. The normalized spacial score (nSPS) is 11.9. The lowest BCUT2D eigenvalue weighted by Crippen LogP contribution is -1.96. The third-order valence-corrected chi connectivity index (χ3v) is 10.8. The van der Waals surface area contributed by atoms with Crippen molar-refractivity contribution >= 4 is 71.2 Å². The molecule has 0 saturated carbocycles. The van der Waals surface area contributed by atoms with E-state index < -0.39 is 0 Å². The van der Waals surface area contributed by atoms with Crippen LogP contribution in [0.1, 0.15) is 16.7 Å². The lowest BCUT2D eigenvalue weighted by atomic mass is 10.1. The molecule has 11 rings (SSSR count). The minimum Gasteiger partial charge on any atom is -0.455 e. The molecule has 2 N–H and O–H groups in total. The van der Waals surface area contributed by atoms with Gasteiger partial charge in [0.05, 0.1) is 27.5 Å². The van der Waals surface area contributed by atoms with Gasteiger partial charge in [0.2, 0.25) is 0 Å². The van der Waals surface area contributed by atoms with Crippen LogP contribution in [0.25, 0.3) is 82.6 Å². The number of fused-ring (bicyclic) bond motifs is 10. The van der Waals surface area contributed by atoms with E-state index in [2.05, 4.69) is 156 Å². The van der Waals surface area contributed by atoms with Crippen LogP contribution in [0.5, 0.6) is 0 Å². The Morgan fingerprint density at radius 3 is 1.91 bits per heavy atom. The van der Waals surface area contributed by atoms with Gasteiger partial charge in [-0.05, 0) is 90.7 Å². The Morgan fingerprint density at radius 2 is 1.12 bits per heavy atom. The zero-order valence-electron chi connectivity index (χ0n) is 31.1. The largest absolute Gasteiger partial charge is 0.455 e. The molecule has 0 aliphatic rings. The maximum Gasteiger partial charge on any atom is 0.145 e. The van der Waals surface area contributed by atoms with Crippen molar-refractivity contribution < 1.29 is 4.42 Å². The van der Waals surface area contributed by atoms with Crippen LogP contribution < -0.4 is 5.73 Å². The first-order valence-corrected chi connectivity index (χ1v) is 19.1. The van der Waals surface area contributed by atoms with Gasteiger partial charge in [0, 0.05) is 44.0 Å². The predicted molar refractivity (Wildman–Crippen MR) is 236 cm³/mol. The van der Waals surface area contributed by atoms with Gasteiger partial charge in [-0.15, -0.1) is 0 Å². The quantitative estimate of drug-likeness (QED) is 0.192. The summed E-state index contributed by atoms with van der Waals surface area (Å²) in [6, 6.07) is 66.1. The van der Waals surface area contributed by atoms with Crippen LogP contribution in [-0.4, -0.2) is 9.13 Å². The number of furan rings is 1. The van der Waals surface area contributed by atoms with Crippen molar-refractivity contribution in [1.29, 1.82) is 0 Å². The van der Waals surface area contributed by atoms with Crippen LogP contribution in [-0.2, 0) is 6.42 Å². The van der Waals surface area contributed by atoms with Crippen molar-refractivity contribution in [3.63, 3.8) is 0 Å². The molecule has 4 nitrogen and oxygen atoms in total. The fraction of sp³-hybridized carbons (Fsp3) is 0.0385. The molecule has 56 heavy (non-hydrogen) atoms. The summed E-state index contributed by atoms with van der Waals surface area (Å²) in [6.07, 6.45) is 2.94. The molecule has 0 aliphatic carbocycles. The van der Waals surface area contributed by atoms with Gasteiger partial charge in [0.15, 0.2) is 0 Å². The molecular weight excluding hydrogens is 683 g/mol. The second kappa shape index (κ2) is 13.8. The van der Waals surface area contributed by atoms with Gasteiger partial charge in [-0.1, -0.05) is 133 Å². The second-order valence-corrected chi connectivity index (χ2v) is 14.4. The summed E-state index contributed by atoms with van der Waals surface area (Å²) < 4.78 is 11.4. The molecule has 0 atom stereocenters. The van der Waals surface area contributed by atoms with E-state index in [1.165, 1.54) is 43.8 Å². The second-order valence-electron chi connectivity index (χ2n) is 14.4. The summed E-state index contributed by atoms with van der Waals surface area (Å²) in [5, 5.41) is 7.12. The molecule has 0 aliphatic heterocycles. The van der Waals surface area contributed by atoms with E-state index >= 15 is 0 Å². The highest BCUT2D eigenvalue weighted by Crippen LogP contribution is 2.43. The summed E-state index contributed by atoms with van der Waals surface area (Å²) >= 11 is 0. The van der Waals surface area contributed by atoms with Crippen molar-refractivity contribution in [2.45, 2.75) is 13.3 Å². The highest BCUT2D eigenvalue weighted by Gasteiger charge is 2.22. The molecule has 0 radical (unpaired) electrons. The molecule has 0 bridgehead atoms. The Balaban J connectivity index is 0.000000202. The zero-order valence-corrected chi connectivity index (χ0v) is 31.1. The number of benzene rings is 8. The molecule has 0 unspecified atom stereocenters. The average Bonchev–Trinajstić information content (AvgIpc) is 3.90. The van der Waals surface area contributed by atoms with Crippen LogP contribution in [0.3, 0.4) is 0 Å². The van der Waals surface area contributed by atoms with Crippen LogP contribution in [0.2, 0.25) is 0 Å². The fourth-order valence-electron chi connectivity index (χ4n) is 8.23. The van der Waals surface area contributed by atoms with Gasteiger partial charge < -0.3 is 19.3 Å². The summed E-state index contributed by atoms with van der Waals surface area (Å²) in [6.45, 7) is 2.15. The monoisotopic (exact) mass is 721 g/mol. The number of aryl methyl sites for hydroxylation is 1. The third-order valence-electron chi connectivity index (χ3n) is 10.8. The fourth-order valence-corrected chi connectivity index (χ4v) is 8.23. The Kier molecular flexibility index (Phi) is 8.23. The molecule has 0 amide bonds. The Labute approximate surface area is 324 Å². The van der Waals surface area contributed by atoms with Gasteiger partial charge in [-0.25, -0.2) is 0 Å². The van der Waals surface area contributed by atoms with Crippen LogP contribution in [0, 0.1) is 6.92 Å². The van der Waals surface area contributed by atoms with E-state index in [-0.39, 0.29) is 0 Å². The molecule has 8 aromatic carbocycles. The molecule has 0 spiro atoms. The summed E-state index contributed by atoms with van der Waals surface area (Å²) in [7, 11) is 0. The summed E-state index contributed by atoms with van der Waals surface area (Å²) in [5.74, 6) is 0. The molecule has 11 aromatic rings. The Hall–Kier alpha value is -7.30. The van der Waals surface area contributed by atoms with Crippen molar-refractivity contribution in [1.82, 2.24) is 9.13 Å². The summed E-state index contributed by atoms with van der Waals surface area (Å²) in [4.78, 5) is 0. The number of rotatable bonds is 5. The minimum atomic E-state index is 0.837. The standard InChI is InChI=1S/C37H24N2O.C15H15N/c1-23-10-9-13-25(20-23)39-32-19-18-28-27-15-6-8-17-35(27)40-37(28)36(32)30-22-33-29(21-34(30)39)26-14-5-7-16-31(26)38(33)24-11-3-2-4-12-24;16-15(14-9-5-2-6-10-14)12-11-13-7-3-1-4-8-13/h2-22H,1H3;1-10,12H,11,16H2/b;15-12-. The number of para-hydroxylation sites is 3. The van der Waals surface area contributed by atoms with Gasteiger partial charge in [0.1, 0.15) is 11.2 Å². The molecular formula is C52H39N3O. The number of hydrogen-bond donors (Lipinski definition) is 1. The first-order chi connectivity index (χ1) is 27.6. The molecule has 0 fully saturated rings. The molecule has 268 valence electrons.